The summed E-state index contributed by atoms with van der Waals surface area (Å²) in [5.74, 6) is -0.884. The van der Waals surface area contributed by atoms with Crippen LogP contribution >= 0.6 is 0 Å². The molecule has 136 valence electrons. The second-order valence-electron chi connectivity index (χ2n) is 5.27. The Bertz CT molecular complexity index is 785. The molecule has 0 saturated carbocycles. The Hall–Kier alpha value is -3.35. The van der Waals surface area contributed by atoms with Crippen LogP contribution in [-0.4, -0.2) is 38.7 Å². The highest BCUT2D eigenvalue weighted by Crippen LogP contribution is 2.12. The molecule has 0 aliphatic rings. The second-order valence-corrected chi connectivity index (χ2v) is 5.27. The summed E-state index contributed by atoms with van der Waals surface area (Å²) in [5, 5.41) is 2.66. The average Bonchev–Trinajstić information content (AvgIpc) is 2.70. The molecule has 0 aliphatic heterocycles. The highest BCUT2D eigenvalue weighted by atomic mass is 16.5. The molecule has 0 unspecified atom stereocenters. The number of methoxy groups -OCH3 is 2. The van der Waals surface area contributed by atoms with Gasteiger partial charge in [-0.05, 0) is 42.0 Å². The number of esters is 2. The van der Waals surface area contributed by atoms with Crippen LogP contribution in [0.15, 0.2) is 48.5 Å². The Morgan fingerprint density at radius 1 is 0.923 bits per heavy atom. The first-order chi connectivity index (χ1) is 12.5. The van der Waals surface area contributed by atoms with Crippen molar-refractivity contribution in [1.29, 1.82) is 0 Å². The van der Waals surface area contributed by atoms with Crippen LogP contribution in [0.3, 0.4) is 0 Å². The van der Waals surface area contributed by atoms with Crippen molar-refractivity contribution in [3.63, 3.8) is 0 Å². The summed E-state index contributed by atoms with van der Waals surface area (Å²) in [6.07, 6.45) is 0. The molecule has 0 heterocycles. The lowest BCUT2D eigenvalue weighted by molar-refractivity contribution is -0.124. The van der Waals surface area contributed by atoms with Crippen molar-refractivity contribution in [1.82, 2.24) is 5.32 Å². The van der Waals surface area contributed by atoms with E-state index < -0.39 is 24.5 Å². The van der Waals surface area contributed by atoms with Gasteiger partial charge in [0, 0.05) is 6.54 Å². The molecule has 0 aromatic heterocycles. The van der Waals surface area contributed by atoms with E-state index in [1.165, 1.54) is 31.4 Å². The third-order valence-electron chi connectivity index (χ3n) is 3.50. The molecule has 0 spiro atoms. The fourth-order valence-corrected chi connectivity index (χ4v) is 2.11. The SMILES string of the molecule is COC(=O)c1ccc(C(=O)OCC(=O)NCc2cccc(OC)c2)cc1. The van der Waals surface area contributed by atoms with Crippen molar-refractivity contribution in [2.75, 3.05) is 20.8 Å². The molecule has 2 aromatic rings. The zero-order chi connectivity index (χ0) is 18.9. The number of rotatable bonds is 7. The molecular formula is C19H19NO6. The van der Waals surface area contributed by atoms with Gasteiger partial charge < -0.3 is 19.5 Å². The van der Waals surface area contributed by atoms with Gasteiger partial charge in [0.25, 0.3) is 5.91 Å². The molecule has 1 N–H and O–H groups in total. The van der Waals surface area contributed by atoms with Crippen molar-refractivity contribution in [3.05, 3.63) is 65.2 Å². The number of hydrogen-bond acceptors (Lipinski definition) is 6. The first kappa shape index (κ1) is 19.0. The number of carbonyl (C=O) groups is 3. The van der Waals surface area contributed by atoms with Gasteiger partial charge in [-0.3, -0.25) is 4.79 Å². The summed E-state index contributed by atoms with van der Waals surface area (Å²) >= 11 is 0. The summed E-state index contributed by atoms with van der Waals surface area (Å²) in [4.78, 5) is 35.1. The molecule has 0 fully saturated rings. The summed E-state index contributed by atoms with van der Waals surface area (Å²) in [6.45, 7) is -0.108. The fourth-order valence-electron chi connectivity index (χ4n) is 2.11. The van der Waals surface area contributed by atoms with Crippen LogP contribution in [0.5, 0.6) is 5.75 Å². The van der Waals surface area contributed by atoms with Gasteiger partial charge in [0.2, 0.25) is 0 Å². The number of benzene rings is 2. The minimum atomic E-state index is -0.655. The summed E-state index contributed by atoms with van der Waals surface area (Å²) in [7, 11) is 2.84. The minimum absolute atomic E-state index is 0.234. The van der Waals surface area contributed by atoms with Gasteiger partial charge in [0.15, 0.2) is 6.61 Å². The lowest BCUT2D eigenvalue weighted by atomic mass is 10.1. The largest absolute Gasteiger partial charge is 0.497 e. The first-order valence-corrected chi connectivity index (χ1v) is 7.78. The Morgan fingerprint density at radius 2 is 1.58 bits per heavy atom. The third kappa shape index (κ3) is 5.34. The van der Waals surface area contributed by atoms with Gasteiger partial charge in [0.05, 0.1) is 25.3 Å². The van der Waals surface area contributed by atoms with E-state index in [1.807, 2.05) is 12.1 Å². The van der Waals surface area contributed by atoms with Crippen molar-refractivity contribution < 1.29 is 28.6 Å². The quantitative estimate of drug-likeness (QED) is 0.762. The number of carbonyl (C=O) groups excluding carboxylic acids is 3. The Kier molecular flexibility index (Phi) is 6.73. The molecule has 2 rings (SSSR count). The molecule has 26 heavy (non-hydrogen) atoms. The van der Waals surface area contributed by atoms with E-state index in [0.717, 1.165) is 5.56 Å². The van der Waals surface area contributed by atoms with Gasteiger partial charge in [-0.25, -0.2) is 9.59 Å². The number of nitrogens with one attached hydrogen (secondary N) is 1. The first-order valence-electron chi connectivity index (χ1n) is 7.78. The van der Waals surface area contributed by atoms with Crippen LogP contribution in [0.1, 0.15) is 26.3 Å². The van der Waals surface area contributed by atoms with Gasteiger partial charge >= 0.3 is 11.9 Å². The van der Waals surface area contributed by atoms with E-state index in [4.69, 9.17) is 9.47 Å². The molecule has 0 aliphatic carbocycles. The smallest absolute Gasteiger partial charge is 0.338 e. The van der Waals surface area contributed by atoms with Gasteiger partial charge in [-0.2, -0.15) is 0 Å². The van der Waals surface area contributed by atoms with Crippen LogP contribution < -0.4 is 10.1 Å². The maximum atomic E-state index is 11.9. The zero-order valence-electron chi connectivity index (χ0n) is 14.5. The van der Waals surface area contributed by atoms with Crippen LogP contribution in [-0.2, 0) is 20.8 Å². The predicted molar refractivity (Wildman–Crippen MR) is 92.9 cm³/mol. The molecule has 7 nitrogen and oxygen atoms in total. The van der Waals surface area contributed by atoms with Gasteiger partial charge in [-0.15, -0.1) is 0 Å². The van der Waals surface area contributed by atoms with Crippen LogP contribution in [0.25, 0.3) is 0 Å². The molecule has 7 heteroatoms. The van der Waals surface area contributed by atoms with Crippen LogP contribution in [0.2, 0.25) is 0 Å². The second kappa shape index (κ2) is 9.22. The number of amides is 1. The van der Waals surface area contributed by atoms with E-state index in [2.05, 4.69) is 10.1 Å². The Labute approximate surface area is 150 Å². The summed E-state index contributed by atoms with van der Waals surface area (Å²) in [6, 6.07) is 13.0. The van der Waals surface area contributed by atoms with E-state index in [-0.39, 0.29) is 5.56 Å². The van der Waals surface area contributed by atoms with Crippen LogP contribution in [0.4, 0.5) is 0 Å². The molecule has 2 aromatic carbocycles. The van der Waals surface area contributed by atoms with Crippen molar-refractivity contribution in [2.24, 2.45) is 0 Å². The maximum Gasteiger partial charge on any atom is 0.338 e. The Morgan fingerprint density at radius 3 is 2.19 bits per heavy atom. The number of ether oxygens (including phenoxy) is 3. The minimum Gasteiger partial charge on any atom is -0.497 e. The molecular weight excluding hydrogens is 338 g/mol. The van der Waals surface area contributed by atoms with E-state index in [1.54, 1.807) is 19.2 Å². The Balaban J connectivity index is 1.81. The van der Waals surface area contributed by atoms with Crippen molar-refractivity contribution >= 4 is 17.8 Å². The topological polar surface area (TPSA) is 90.9 Å². The zero-order valence-corrected chi connectivity index (χ0v) is 14.5. The fraction of sp³-hybridized carbons (Fsp3) is 0.211. The molecule has 0 radical (unpaired) electrons. The maximum absolute atomic E-state index is 11.9. The van der Waals surface area contributed by atoms with Crippen molar-refractivity contribution in [3.8, 4) is 5.75 Å². The summed E-state index contributed by atoms with van der Waals surface area (Å²) < 4.78 is 14.6. The lowest BCUT2D eigenvalue weighted by Crippen LogP contribution is -2.28. The lowest BCUT2D eigenvalue weighted by Gasteiger charge is -2.08. The molecule has 0 bridgehead atoms. The standard InChI is InChI=1S/C19H19NO6/c1-24-16-5-3-4-13(10-16)11-20-17(21)12-26-19(23)15-8-6-14(7-9-15)18(22)25-2/h3-10H,11-12H2,1-2H3,(H,20,21). The molecule has 0 atom stereocenters. The third-order valence-corrected chi connectivity index (χ3v) is 3.50. The monoisotopic (exact) mass is 357 g/mol. The summed E-state index contributed by atoms with van der Waals surface area (Å²) in [5.41, 5.74) is 1.42. The average molecular weight is 357 g/mol. The number of hydrogen-bond donors (Lipinski definition) is 1. The van der Waals surface area contributed by atoms with Gasteiger partial charge in [0.1, 0.15) is 5.75 Å². The predicted octanol–water partition coefficient (Wildman–Crippen LogP) is 1.95. The molecule has 0 saturated heterocycles. The highest BCUT2D eigenvalue weighted by molar-refractivity contribution is 5.94. The highest BCUT2D eigenvalue weighted by Gasteiger charge is 2.12. The van der Waals surface area contributed by atoms with E-state index in [0.29, 0.717) is 17.9 Å². The normalized spacial score (nSPS) is 9.92. The molecule has 1 amide bonds. The van der Waals surface area contributed by atoms with Crippen LogP contribution in [0, 0.1) is 0 Å². The van der Waals surface area contributed by atoms with E-state index >= 15 is 0 Å². The van der Waals surface area contributed by atoms with Gasteiger partial charge in [-0.1, -0.05) is 12.1 Å². The van der Waals surface area contributed by atoms with Crippen molar-refractivity contribution in [2.45, 2.75) is 6.54 Å². The van der Waals surface area contributed by atoms with E-state index in [9.17, 15) is 14.4 Å².